The standard InChI is InChI=1S/C40H42Cl3N3O7/c1-45-13-11-23-17-31(48-3)34-20-27(23)29(45)15-22-7-9-26(10-8-22)52-33-19-25(28(21-32(33)49-4)44-39(47)40(41,42)43)16-30-36-24(12-14-46(30)2)18-35(50-5)37(51-6)38(36)53-34/h7-10,17-21,29-30H,11-16H2,1-6H3,(H,44,47)/t29-,30-/m0/s1. The van der Waals surface area contributed by atoms with E-state index in [1.807, 2.05) is 24.3 Å². The molecule has 4 aliphatic rings. The van der Waals surface area contributed by atoms with Gasteiger partial charge >= 0.3 is 0 Å². The first-order valence-electron chi connectivity index (χ1n) is 17.3. The van der Waals surface area contributed by atoms with E-state index in [2.05, 4.69) is 53.5 Å². The fraction of sp³-hybridized carbons (Fsp3) is 0.375. The van der Waals surface area contributed by atoms with Gasteiger partial charge in [-0.2, -0.15) is 0 Å². The van der Waals surface area contributed by atoms with Crippen molar-refractivity contribution in [3.05, 3.63) is 88.0 Å². The van der Waals surface area contributed by atoms with Gasteiger partial charge in [-0.1, -0.05) is 46.9 Å². The summed E-state index contributed by atoms with van der Waals surface area (Å²) < 4.78 is 35.0. The van der Waals surface area contributed by atoms with Crippen molar-refractivity contribution in [2.75, 3.05) is 60.9 Å². The second-order valence-electron chi connectivity index (χ2n) is 13.6. The van der Waals surface area contributed by atoms with Gasteiger partial charge < -0.3 is 33.7 Å². The van der Waals surface area contributed by atoms with Crippen LogP contribution < -0.4 is 33.7 Å². The number of methoxy groups -OCH3 is 4. The predicted molar refractivity (Wildman–Crippen MR) is 207 cm³/mol. The zero-order valence-electron chi connectivity index (χ0n) is 30.5. The molecule has 4 aromatic carbocycles. The minimum Gasteiger partial charge on any atom is -0.493 e. The largest absolute Gasteiger partial charge is 0.493 e. The maximum Gasteiger partial charge on any atom is 0.276 e. The lowest BCUT2D eigenvalue weighted by atomic mass is 9.86. The number of nitrogens with zero attached hydrogens (tertiary/aromatic N) is 2. The number of carbonyl (C=O) groups is 1. The molecule has 0 fully saturated rings. The van der Waals surface area contributed by atoms with Gasteiger partial charge in [-0.25, -0.2) is 0 Å². The topological polar surface area (TPSA) is 91.0 Å². The highest BCUT2D eigenvalue weighted by molar-refractivity contribution is 6.76. The molecule has 0 radical (unpaired) electrons. The minimum absolute atomic E-state index is 0.0933. The lowest BCUT2D eigenvalue weighted by molar-refractivity contribution is -0.115. The number of hydrogen-bond donors (Lipinski definition) is 1. The molecular formula is C40H42Cl3N3O7. The van der Waals surface area contributed by atoms with Gasteiger partial charge in [-0.05, 0) is 104 Å². The van der Waals surface area contributed by atoms with Crippen molar-refractivity contribution >= 4 is 46.4 Å². The Morgan fingerprint density at radius 3 is 2.02 bits per heavy atom. The predicted octanol–water partition coefficient (Wildman–Crippen LogP) is 8.47. The molecule has 1 N–H and O–H groups in total. The Morgan fingerprint density at radius 2 is 1.36 bits per heavy atom. The maximum absolute atomic E-state index is 13.1. The molecule has 6 bridgehead atoms. The zero-order valence-corrected chi connectivity index (χ0v) is 32.7. The Hall–Kier alpha value is -4.06. The molecule has 0 aliphatic carbocycles. The van der Waals surface area contributed by atoms with Gasteiger partial charge in [0.2, 0.25) is 5.75 Å². The molecule has 0 unspecified atom stereocenters. The third-order valence-electron chi connectivity index (χ3n) is 10.5. The van der Waals surface area contributed by atoms with Gasteiger partial charge in [-0.15, -0.1) is 0 Å². The summed E-state index contributed by atoms with van der Waals surface area (Å²) in [5, 5.41) is 2.81. The number of carbonyl (C=O) groups excluding carboxylic acids is 1. The molecule has 4 aromatic rings. The molecule has 10 nitrogen and oxygen atoms in total. The highest BCUT2D eigenvalue weighted by Crippen LogP contribution is 2.52. The first kappa shape index (κ1) is 37.3. The molecule has 13 heteroatoms. The number of anilines is 1. The number of halogens is 3. The van der Waals surface area contributed by atoms with E-state index < -0.39 is 9.70 Å². The number of ether oxygens (including phenoxy) is 6. The third-order valence-corrected chi connectivity index (χ3v) is 11.0. The van der Waals surface area contributed by atoms with E-state index in [0.717, 1.165) is 49.0 Å². The van der Waals surface area contributed by atoms with Crippen LogP contribution in [0.5, 0.6) is 46.0 Å². The second kappa shape index (κ2) is 15.0. The summed E-state index contributed by atoms with van der Waals surface area (Å²) in [5.41, 5.74) is 6.62. The van der Waals surface area contributed by atoms with Gasteiger partial charge in [0.1, 0.15) is 5.75 Å². The number of nitrogens with one attached hydrogen (secondary N) is 1. The van der Waals surface area contributed by atoms with E-state index in [0.29, 0.717) is 63.7 Å². The van der Waals surface area contributed by atoms with Crippen molar-refractivity contribution in [1.82, 2.24) is 9.80 Å². The average Bonchev–Trinajstić information content (AvgIpc) is 3.14. The van der Waals surface area contributed by atoms with Gasteiger partial charge in [0.05, 0.1) is 28.4 Å². The number of rotatable bonds is 5. The van der Waals surface area contributed by atoms with Gasteiger partial charge in [0.15, 0.2) is 34.5 Å². The van der Waals surface area contributed by atoms with E-state index in [1.54, 1.807) is 27.4 Å². The van der Waals surface area contributed by atoms with E-state index in [-0.39, 0.29) is 12.1 Å². The van der Waals surface area contributed by atoms with Crippen molar-refractivity contribution in [1.29, 1.82) is 0 Å². The summed E-state index contributed by atoms with van der Waals surface area (Å²) in [6.07, 6.45) is 2.77. The molecule has 280 valence electrons. The summed E-state index contributed by atoms with van der Waals surface area (Å²) in [4.78, 5) is 17.7. The number of likely N-dealkylation sites (N-methyl/N-ethyl adjacent to an activating group) is 2. The molecule has 4 heterocycles. The van der Waals surface area contributed by atoms with E-state index in [1.165, 1.54) is 18.2 Å². The Bertz CT molecular complexity index is 2040. The smallest absolute Gasteiger partial charge is 0.276 e. The zero-order chi connectivity index (χ0) is 37.6. The fourth-order valence-electron chi connectivity index (χ4n) is 7.65. The molecule has 0 spiro atoms. The highest BCUT2D eigenvalue weighted by atomic mass is 35.6. The van der Waals surface area contributed by atoms with Crippen molar-refractivity contribution in [2.45, 2.75) is 41.6 Å². The fourth-order valence-corrected chi connectivity index (χ4v) is 7.79. The van der Waals surface area contributed by atoms with Crippen LogP contribution in [-0.4, -0.2) is 75.1 Å². The van der Waals surface area contributed by atoms with Crippen molar-refractivity contribution < 1.29 is 33.2 Å². The highest BCUT2D eigenvalue weighted by Gasteiger charge is 2.36. The molecule has 1 amide bonds. The molecule has 8 rings (SSSR count). The maximum atomic E-state index is 13.1. The number of fused-ring (bicyclic) bond motifs is 2. The molecule has 4 aliphatic heterocycles. The molecular weight excluding hydrogens is 741 g/mol. The van der Waals surface area contributed by atoms with Crippen LogP contribution in [-0.2, 0) is 30.5 Å². The van der Waals surface area contributed by atoms with Crippen LogP contribution in [0.15, 0.2) is 54.6 Å². The minimum atomic E-state index is -2.20. The summed E-state index contributed by atoms with van der Waals surface area (Å²) >= 11 is 18.1. The third kappa shape index (κ3) is 7.27. The van der Waals surface area contributed by atoms with Crippen molar-refractivity contribution in [2.24, 2.45) is 0 Å². The van der Waals surface area contributed by atoms with Crippen LogP contribution in [0.25, 0.3) is 0 Å². The Kier molecular flexibility index (Phi) is 10.5. The quantitative estimate of drug-likeness (QED) is 0.200. The van der Waals surface area contributed by atoms with Gasteiger partial charge in [-0.3, -0.25) is 14.6 Å². The average molecular weight is 783 g/mol. The number of hydrogen-bond acceptors (Lipinski definition) is 9. The molecule has 0 aromatic heterocycles. The van der Waals surface area contributed by atoms with E-state index >= 15 is 0 Å². The summed E-state index contributed by atoms with van der Waals surface area (Å²) in [6, 6.07) is 17.7. The number of alkyl halides is 3. The first-order valence-corrected chi connectivity index (χ1v) is 18.5. The molecule has 0 saturated heterocycles. The molecule has 53 heavy (non-hydrogen) atoms. The first-order chi connectivity index (χ1) is 25.4. The van der Waals surface area contributed by atoms with Gasteiger partial charge in [0, 0.05) is 42.5 Å². The Morgan fingerprint density at radius 1 is 0.736 bits per heavy atom. The summed E-state index contributed by atoms with van der Waals surface area (Å²) in [7, 11) is 10.6. The van der Waals surface area contributed by atoms with Crippen LogP contribution in [0.4, 0.5) is 5.69 Å². The van der Waals surface area contributed by atoms with Crippen LogP contribution in [0.2, 0.25) is 0 Å². The van der Waals surface area contributed by atoms with E-state index in [4.69, 9.17) is 63.2 Å². The van der Waals surface area contributed by atoms with Crippen LogP contribution >= 0.6 is 34.8 Å². The summed E-state index contributed by atoms with van der Waals surface area (Å²) in [5.74, 6) is 3.40. The second-order valence-corrected chi connectivity index (χ2v) is 15.9. The van der Waals surface area contributed by atoms with Crippen LogP contribution in [0.3, 0.4) is 0 Å². The van der Waals surface area contributed by atoms with Crippen molar-refractivity contribution in [3.8, 4) is 46.0 Å². The van der Waals surface area contributed by atoms with Gasteiger partial charge in [0.25, 0.3) is 9.70 Å². The molecule has 0 saturated carbocycles. The van der Waals surface area contributed by atoms with Crippen LogP contribution in [0.1, 0.15) is 45.5 Å². The molecule has 2 atom stereocenters. The monoisotopic (exact) mass is 781 g/mol. The van der Waals surface area contributed by atoms with E-state index in [9.17, 15) is 4.79 Å². The lowest BCUT2D eigenvalue weighted by Crippen LogP contribution is -2.34. The number of amides is 1. The van der Waals surface area contributed by atoms with Crippen LogP contribution in [0, 0.1) is 0 Å². The number of benzene rings is 4. The Balaban J connectivity index is 1.48. The Labute approximate surface area is 324 Å². The normalized spacial score (nSPS) is 18.4. The van der Waals surface area contributed by atoms with Crippen molar-refractivity contribution in [3.63, 3.8) is 0 Å². The SMILES string of the molecule is COc1cc(NC(=O)C(Cl)(Cl)Cl)c2cc1Oc1ccc(cc1)C[C@H]1c3cc(c(OC)cc3CCN1C)Oc1c(OC)c(OC)cc3c1[C@H](C2)N(C)CC3. The lowest BCUT2D eigenvalue weighted by Gasteiger charge is -2.37. The summed E-state index contributed by atoms with van der Waals surface area (Å²) in [6.45, 7) is 1.65.